The molecule has 2 heterocycles. The van der Waals surface area contributed by atoms with Gasteiger partial charge < -0.3 is 9.64 Å². The van der Waals surface area contributed by atoms with Gasteiger partial charge in [0.1, 0.15) is 0 Å². The Bertz CT molecular complexity index is 296. The van der Waals surface area contributed by atoms with Gasteiger partial charge in [-0.15, -0.1) is 0 Å². The van der Waals surface area contributed by atoms with Crippen molar-refractivity contribution in [2.75, 3.05) is 39.3 Å². The molecule has 0 saturated carbocycles. The standard InChI is InChI=1S/C17H34N2O.2H2S/c1-5-17(7-13-20-16(4)14-17)19-11-9-18(10-12-19)8-6-15(2)3;;/h15-16H,5-14H2,1-4H3;2*1H2/t16-,17-;;/m0../s1. The van der Waals surface area contributed by atoms with Crippen LogP contribution >= 0.6 is 27.0 Å². The number of piperazine rings is 1. The van der Waals surface area contributed by atoms with Gasteiger partial charge >= 0.3 is 0 Å². The number of hydrogen-bond donors (Lipinski definition) is 0. The molecular formula is C17H38N2OS2. The lowest BCUT2D eigenvalue weighted by Crippen LogP contribution is -2.59. The van der Waals surface area contributed by atoms with E-state index in [9.17, 15) is 0 Å². The zero-order valence-corrected chi connectivity index (χ0v) is 17.0. The van der Waals surface area contributed by atoms with Gasteiger partial charge in [0, 0.05) is 38.3 Å². The summed E-state index contributed by atoms with van der Waals surface area (Å²) in [6.07, 6.45) is 5.48. The molecule has 5 heteroatoms. The van der Waals surface area contributed by atoms with E-state index in [4.69, 9.17) is 4.74 Å². The van der Waals surface area contributed by atoms with E-state index in [-0.39, 0.29) is 27.0 Å². The van der Waals surface area contributed by atoms with E-state index in [1.165, 1.54) is 58.4 Å². The Kier molecular flexibility index (Phi) is 10.7. The monoisotopic (exact) mass is 350 g/mol. The van der Waals surface area contributed by atoms with Crippen LogP contribution in [0.5, 0.6) is 0 Å². The molecule has 0 radical (unpaired) electrons. The van der Waals surface area contributed by atoms with E-state index in [2.05, 4.69) is 37.5 Å². The molecule has 0 aromatic carbocycles. The van der Waals surface area contributed by atoms with Crippen molar-refractivity contribution in [3.63, 3.8) is 0 Å². The van der Waals surface area contributed by atoms with E-state index in [1.54, 1.807) is 0 Å². The van der Waals surface area contributed by atoms with Crippen LogP contribution in [0.2, 0.25) is 0 Å². The fourth-order valence-corrected chi connectivity index (χ4v) is 3.86. The van der Waals surface area contributed by atoms with Crippen molar-refractivity contribution in [2.24, 2.45) is 5.92 Å². The number of rotatable bonds is 5. The third-order valence-corrected chi connectivity index (χ3v) is 5.36. The van der Waals surface area contributed by atoms with Gasteiger partial charge in [-0.05, 0) is 45.1 Å². The van der Waals surface area contributed by atoms with Crippen LogP contribution in [0, 0.1) is 5.92 Å². The Morgan fingerprint density at radius 3 is 2.27 bits per heavy atom. The summed E-state index contributed by atoms with van der Waals surface area (Å²) in [4.78, 5) is 5.43. The lowest BCUT2D eigenvalue weighted by atomic mass is 9.82. The summed E-state index contributed by atoms with van der Waals surface area (Å²) in [7, 11) is 0. The highest BCUT2D eigenvalue weighted by atomic mass is 32.1. The van der Waals surface area contributed by atoms with E-state index < -0.39 is 0 Å². The maximum Gasteiger partial charge on any atom is 0.0564 e. The minimum absolute atomic E-state index is 0. The first-order valence-electron chi connectivity index (χ1n) is 8.65. The molecule has 3 nitrogen and oxygen atoms in total. The zero-order valence-electron chi connectivity index (χ0n) is 15.0. The van der Waals surface area contributed by atoms with Crippen LogP contribution in [0.1, 0.15) is 53.4 Å². The molecule has 0 aromatic heterocycles. The Labute approximate surface area is 152 Å². The lowest BCUT2D eigenvalue weighted by Gasteiger charge is -2.51. The summed E-state index contributed by atoms with van der Waals surface area (Å²) in [5, 5.41) is 0. The fourth-order valence-electron chi connectivity index (χ4n) is 3.86. The smallest absolute Gasteiger partial charge is 0.0564 e. The second kappa shape index (κ2) is 10.4. The van der Waals surface area contributed by atoms with Crippen LogP contribution in [-0.2, 0) is 4.74 Å². The van der Waals surface area contributed by atoms with Gasteiger partial charge in [-0.2, -0.15) is 27.0 Å². The van der Waals surface area contributed by atoms with E-state index in [0.29, 0.717) is 11.6 Å². The summed E-state index contributed by atoms with van der Waals surface area (Å²) in [6, 6.07) is 0. The zero-order chi connectivity index (χ0) is 14.6. The highest BCUT2D eigenvalue weighted by Gasteiger charge is 2.40. The number of nitrogens with zero attached hydrogens (tertiary/aromatic N) is 2. The Balaban J connectivity index is 0.00000220. The van der Waals surface area contributed by atoms with Crippen molar-refractivity contribution in [1.29, 1.82) is 0 Å². The topological polar surface area (TPSA) is 15.7 Å². The SMILES string of the molecule is CC[C@]1(N2CCN(CCC(C)C)CC2)CCO[C@@H](C)C1.S.S. The van der Waals surface area contributed by atoms with Crippen LogP contribution in [0.4, 0.5) is 0 Å². The van der Waals surface area contributed by atoms with Crippen LogP contribution in [0.3, 0.4) is 0 Å². The van der Waals surface area contributed by atoms with Gasteiger partial charge in [-0.1, -0.05) is 20.8 Å². The molecule has 0 spiro atoms. The van der Waals surface area contributed by atoms with E-state index in [0.717, 1.165) is 12.5 Å². The molecule has 2 aliphatic rings. The summed E-state index contributed by atoms with van der Waals surface area (Å²) < 4.78 is 5.77. The van der Waals surface area contributed by atoms with Crippen molar-refractivity contribution in [3.05, 3.63) is 0 Å². The number of hydrogen-bond acceptors (Lipinski definition) is 3. The summed E-state index contributed by atoms with van der Waals surface area (Å²) in [5.41, 5.74) is 0.418. The molecule has 0 amide bonds. The normalized spacial score (nSPS) is 30.7. The van der Waals surface area contributed by atoms with Crippen molar-refractivity contribution in [3.8, 4) is 0 Å². The van der Waals surface area contributed by atoms with Crippen molar-refractivity contribution in [2.45, 2.75) is 65.0 Å². The largest absolute Gasteiger partial charge is 0.378 e. The average molecular weight is 351 g/mol. The second-order valence-corrected chi connectivity index (χ2v) is 7.22. The lowest BCUT2D eigenvalue weighted by molar-refractivity contribution is -0.0811. The van der Waals surface area contributed by atoms with Crippen LogP contribution < -0.4 is 0 Å². The molecule has 0 N–H and O–H groups in total. The molecule has 2 fully saturated rings. The second-order valence-electron chi connectivity index (χ2n) is 7.22. The predicted octanol–water partition coefficient (Wildman–Crippen LogP) is 3.22. The fraction of sp³-hybridized carbons (Fsp3) is 1.00. The molecule has 0 unspecified atom stereocenters. The van der Waals surface area contributed by atoms with Crippen LogP contribution in [0.25, 0.3) is 0 Å². The van der Waals surface area contributed by atoms with Gasteiger partial charge in [0.2, 0.25) is 0 Å². The Morgan fingerprint density at radius 1 is 1.14 bits per heavy atom. The average Bonchev–Trinajstić information content (AvgIpc) is 2.45. The maximum absolute atomic E-state index is 5.77. The highest BCUT2D eigenvalue weighted by Crippen LogP contribution is 2.34. The summed E-state index contributed by atoms with van der Waals surface area (Å²) in [6.45, 7) is 16.5. The third-order valence-electron chi connectivity index (χ3n) is 5.36. The Hall–Kier alpha value is 0.580. The van der Waals surface area contributed by atoms with Crippen molar-refractivity contribution >= 4 is 27.0 Å². The van der Waals surface area contributed by atoms with Gasteiger partial charge in [-0.3, -0.25) is 4.90 Å². The van der Waals surface area contributed by atoms with Crippen LogP contribution in [-0.4, -0.2) is 60.8 Å². The van der Waals surface area contributed by atoms with E-state index in [1.807, 2.05) is 0 Å². The van der Waals surface area contributed by atoms with E-state index >= 15 is 0 Å². The minimum Gasteiger partial charge on any atom is -0.378 e. The number of ether oxygens (including phenoxy) is 1. The first kappa shape index (κ1) is 22.6. The predicted molar refractivity (Wildman–Crippen MR) is 106 cm³/mol. The molecule has 2 saturated heterocycles. The summed E-state index contributed by atoms with van der Waals surface area (Å²) >= 11 is 0. The highest BCUT2D eigenvalue weighted by molar-refractivity contribution is 7.59. The van der Waals surface area contributed by atoms with Crippen molar-refractivity contribution in [1.82, 2.24) is 9.80 Å². The molecule has 2 atom stereocenters. The molecule has 0 aliphatic carbocycles. The molecule has 2 rings (SSSR count). The van der Waals surface area contributed by atoms with Crippen molar-refractivity contribution < 1.29 is 4.74 Å². The molecular weight excluding hydrogens is 312 g/mol. The Morgan fingerprint density at radius 2 is 1.77 bits per heavy atom. The third kappa shape index (κ3) is 5.90. The minimum atomic E-state index is 0. The molecule has 2 aliphatic heterocycles. The maximum atomic E-state index is 5.77. The molecule has 0 bridgehead atoms. The first-order valence-corrected chi connectivity index (χ1v) is 8.65. The van der Waals surface area contributed by atoms with Crippen LogP contribution in [0.15, 0.2) is 0 Å². The quantitative estimate of drug-likeness (QED) is 0.757. The van der Waals surface area contributed by atoms with Gasteiger partial charge in [0.05, 0.1) is 6.10 Å². The van der Waals surface area contributed by atoms with Gasteiger partial charge in [0.25, 0.3) is 0 Å². The summed E-state index contributed by atoms with van der Waals surface area (Å²) in [5.74, 6) is 0.825. The molecule has 134 valence electrons. The first-order chi connectivity index (χ1) is 9.55. The molecule has 22 heavy (non-hydrogen) atoms. The van der Waals surface area contributed by atoms with Gasteiger partial charge in [-0.25, -0.2) is 0 Å². The van der Waals surface area contributed by atoms with Gasteiger partial charge in [0.15, 0.2) is 0 Å². The molecule has 0 aromatic rings.